The second-order valence-corrected chi connectivity index (χ2v) is 28.9. The standard InChI is InChI=1S/C51H79NO13.C23H24O8/c1-30-16-12-11-13-17-31(2)42(61-8)28-38-21-19-36(7)51(60,65-38)48(57)49(58)52-23-15-14-18-39(52)50(59)64-43(33(4)26-37-20-22-40(53)44(27-37)62-9)29-41(54)32(3)25-35(6)46(56)47(63-10)45(55)34(5)24-30;1-10(24)30-13-7-22(2)12(5-6-14(22)25)16-18(13)23(3)15(9-28-4)31-21(27)11-8-29-20(17(11)23)19(16)26/h11-13,16-17,25,30,32-34,36-40,42-44,46-47,53,56,60H,14-15,18-24,26-29H2,1-10H3;8,12-13,15H,5-7,9H2,1-4H3/b13-11?,16-12+,31-17?,35-25+;/t30-,32-,33-,34-,36-,37+,38+,39+,40-,42+,43+,44-,46-,47+,51-;12-,13+,15+,22-,23-/m10/s1. The van der Waals surface area contributed by atoms with E-state index in [1.165, 1.54) is 32.3 Å². The van der Waals surface area contributed by atoms with Gasteiger partial charge in [0.2, 0.25) is 11.6 Å². The van der Waals surface area contributed by atoms with Crippen LogP contribution in [0, 0.1) is 46.8 Å². The molecule has 4 aliphatic carbocycles. The number of methoxy groups -OCH3 is 4. The lowest BCUT2D eigenvalue weighted by Gasteiger charge is -2.51. The summed E-state index contributed by atoms with van der Waals surface area (Å²) >= 11 is 0. The minimum absolute atomic E-state index is 0.0193. The maximum Gasteiger partial charge on any atom is 0.342 e. The first-order valence-electron chi connectivity index (χ1n) is 34.4. The van der Waals surface area contributed by atoms with E-state index >= 15 is 0 Å². The van der Waals surface area contributed by atoms with Crippen LogP contribution in [0.15, 0.2) is 69.4 Å². The lowest BCUT2D eigenvalue weighted by Crippen LogP contribution is -2.61. The molecule has 2 saturated carbocycles. The predicted octanol–water partition coefficient (Wildman–Crippen LogP) is 8.72. The van der Waals surface area contributed by atoms with Crippen molar-refractivity contribution in [3.63, 3.8) is 0 Å². The third-order valence-corrected chi connectivity index (χ3v) is 22.2. The molecule has 1 aromatic heterocycles. The van der Waals surface area contributed by atoms with E-state index in [1.54, 1.807) is 41.1 Å². The minimum Gasteiger partial charge on any atom is -0.460 e. The number of esters is 3. The molecule has 0 aromatic carbocycles. The van der Waals surface area contributed by atoms with E-state index in [0.717, 1.165) is 12.0 Å². The highest BCUT2D eigenvalue weighted by molar-refractivity contribution is 6.39. The van der Waals surface area contributed by atoms with E-state index in [4.69, 9.17) is 42.3 Å². The fourth-order valence-electron chi connectivity index (χ4n) is 16.4. The van der Waals surface area contributed by atoms with Crippen molar-refractivity contribution in [1.29, 1.82) is 0 Å². The number of carbonyl (C=O) groups excluding carboxylic acids is 9. The fourth-order valence-corrected chi connectivity index (χ4v) is 16.4. The Bertz CT molecular complexity index is 3240. The van der Waals surface area contributed by atoms with Crippen LogP contribution in [-0.4, -0.2) is 181 Å². The van der Waals surface area contributed by atoms with E-state index in [9.17, 15) is 58.5 Å². The van der Waals surface area contributed by atoms with Gasteiger partial charge in [0.05, 0.1) is 36.4 Å². The highest BCUT2D eigenvalue weighted by Gasteiger charge is 2.65. The maximum atomic E-state index is 14.4. The molecular weight excluding hydrogens is 1240 g/mol. The Balaban J connectivity index is 0.000000313. The number of nitrogens with zero attached hydrogens (tertiary/aromatic N) is 1. The van der Waals surface area contributed by atoms with Crippen LogP contribution < -0.4 is 0 Å². The van der Waals surface area contributed by atoms with Crippen LogP contribution in [0.25, 0.3) is 0 Å². The quantitative estimate of drug-likeness (QED) is 0.0900. The van der Waals surface area contributed by atoms with Crippen LogP contribution in [0.1, 0.15) is 192 Å². The van der Waals surface area contributed by atoms with Gasteiger partial charge in [-0.25, -0.2) is 9.59 Å². The van der Waals surface area contributed by atoms with Gasteiger partial charge in [-0.05, 0) is 126 Å². The van der Waals surface area contributed by atoms with Crippen molar-refractivity contribution in [3.8, 4) is 0 Å². The van der Waals surface area contributed by atoms with Crippen molar-refractivity contribution in [2.75, 3.05) is 41.6 Å². The Morgan fingerprint density at radius 2 is 1.55 bits per heavy atom. The van der Waals surface area contributed by atoms with Crippen LogP contribution in [0.3, 0.4) is 0 Å². The predicted molar refractivity (Wildman–Crippen MR) is 350 cm³/mol. The number of hydrogen-bond donors (Lipinski definition) is 3. The molecule has 9 rings (SSSR count). The average molecular weight is 1340 g/mol. The first kappa shape index (κ1) is 75.7. The molecular formula is C74H103NO21. The van der Waals surface area contributed by atoms with Crippen molar-refractivity contribution in [2.24, 2.45) is 46.8 Å². The van der Waals surface area contributed by atoms with Crippen molar-refractivity contribution in [1.82, 2.24) is 4.90 Å². The molecule has 4 fully saturated rings. The molecule has 2 bridgehead atoms. The Morgan fingerprint density at radius 1 is 0.823 bits per heavy atom. The third kappa shape index (κ3) is 15.7. The van der Waals surface area contributed by atoms with Gasteiger partial charge < -0.3 is 62.5 Å². The number of ether oxygens (including phenoxy) is 8. The molecule has 1 aromatic rings. The number of cyclic esters (lactones) is 2. The number of piperidine rings is 1. The number of fused-ring (bicyclic) bond motifs is 6. The number of ketones is 5. The first-order valence-corrected chi connectivity index (χ1v) is 34.4. The lowest BCUT2D eigenvalue weighted by atomic mass is 9.54. The Kier molecular flexibility index (Phi) is 25.1. The highest BCUT2D eigenvalue weighted by atomic mass is 16.6. The van der Waals surface area contributed by atoms with Gasteiger partial charge in [0, 0.05) is 108 Å². The Labute approximate surface area is 564 Å². The van der Waals surface area contributed by atoms with Crippen LogP contribution in [-0.2, 0) is 76.9 Å². The van der Waals surface area contributed by atoms with Crippen molar-refractivity contribution >= 4 is 52.7 Å². The number of aliphatic hydroxyl groups is 3. The van der Waals surface area contributed by atoms with Gasteiger partial charge in [0.15, 0.2) is 11.5 Å². The maximum absolute atomic E-state index is 14.4. The summed E-state index contributed by atoms with van der Waals surface area (Å²) < 4.78 is 51.8. The Hall–Kier alpha value is -6.11. The summed E-state index contributed by atoms with van der Waals surface area (Å²) in [5.41, 5.74) is 1.19. The minimum atomic E-state index is -2.43. The molecule has 22 heteroatoms. The van der Waals surface area contributed by atoms with E-state index < -0.39 is 119 Å². The monoisotopic (exact) mass is 1340 g/mol. The molecule has 5 heterocycles. The van der Waals surface area contributed by atoms with Gasteiger partial charge in [-0.3, -0.25) is 33.6 Å². The number of amides is 1. The van der Waals surface area contributed by atoms with E-state index in [0.29, 0.717) is 92.9 Å². The lowest BCUT2D eigenvalue weighted by molar-refractivity contribution is -0.265. The van der Waals surface area contributed by atoms with Crippen LogP contribution in [0.2, 0.25) is 0 Å². The van der Waals surface area contributed by atoms with Crippen molar-refractivity contribution in [3.05, 3.63) is 81.9 Å². The van der Waals surface area contributed by atoms with Crippen LogP contribution in [0.4, 0.5) is 0 Å². The second-order valence-electron chi connectivity index (χ2n) is 28.9. The zero-order valence-corrected chi connectivity index (χ0v) is 58.5. The number of hydrogen-bond acceptors (Lipinski definition) is 21. The van der Waals surface area contributed by atoms with Gasteiger partial charge in [-0.1, -0.05) is 78.0 Å². The summed E-state index contributed by atoms with van der Waals surface area (Å²) in [5, 5.41) is 33.8. The molecule has 530 valence electrons. The number of aliphatic hydroxyl groups excluding tert-OH is 2. The third-order valence-electron chi connectivity index (χ3n) is 22.2. The SMILES string of the molecule is COC[C@H]1OC(=O)c2coc3c2[C@@]1(C)C1=C(C3=O)[C@@H]2CCC(=O)[C@@]2(C)C[C@H]1OC(C)=O.CO[C@H]1C[C@@H]2CC[C@@H](C)[C@@](O)(O2)C(=O)C(=O)N2CCCC[C@H]2C(=O)O[C@H]([C@H](C)C[C@@H]2CC[C@@H](O)[C@H](OC)C2)CC(=O)[C@H](C)/C=C(\C)[C@@H](O)[C@@H](OC)C(=O)[C@H](C)C[C@H](C)/C=C/C=CC=C1C. The summed E-state index contributed by atoms with van der Waals surface area (Å²) in [6.07, 6.45) is 12.1. The van der Waals surface area contributed by atoms with Gasteiger partial charge in [0.1, 0.15) is 60.0 Å². The molecule has 0 unspecified atom stereocenters. The molecule has 96 heavy (non-hydrogen) atoms. The topological polar surface area (TPSA) is 305 Å². The van der Waals surface area contributed by atoms with E-state index in [-0.39, 0.29) is 96.6 Å². The summed E-state index contributed by atoms with van der Waals surface area (Å²) in [6.45, 7) is 17.9. The second kappa shape index (κ2) is 31.8. The molecule has 0 spiro atoms. The van der Waals surface area contributed by atoms with E-state index in [1.807, 2.05) is 71.9 Å². The van der Waals surface area contributed by atoms with Gasteiger partial charge >= 0.3 is 17.9 Å². The zero-order valence-electron chi connectivity index (χ0n) is 58.5. The molecule has 20 atom stereocenters. The normalized spacial score (nSPS) is 38.1. The van der Waals surface area contributed by atoms with Crippen molar-refractivity contribution < 1.29 is 101 Å². The number of Topliss-reactive ketones (excluding diaryl/α,β-unsaturated/α-hetero) is 5. The highest BCUT2D eigenvalue weighted by Crippen LogP contribution is 2.61. The fraction of sp³-hybridized carbons (Fsp3) is 0.689. The summed E-state index contributed by atoms with van der Waals surface area (Å²) in [6, 6.07) is -1.14. The first-order chi connectivity index (χ1) is 45.4. The number of furan rings is 1. The number of carbonyl (C=O) groups is 9. The number of rotatable bonds is 9. The van der Waals surface area contributed by atoms with Crippen molar-refractivity contribution in [2.45, 2.75) is 238 Å². The summed E-state index contributed by atoms with van der Waals surface area (Å²) in [4.78, 5) is 123. The van der Waals surface area contributed by atoms with Gasteiger partial charge in [0.25, 0.3) is 11.7 Å². The number of allylic oxidation sites excluding steroid dienone is 7. The molecule has 2 saturated heterocycles. The summed E-state index contributed by atoms with van der Waals surface area (Å²) in [5.74, 6) is -9.54. The molecule has 3 N–H and O–H groups in total. The Morgan fingerprint density at radius 3 is 2.23 bits per heavy atom. The average Bonchev–Trinajstić information content (AvgIpc) is 1.36. The molecule has 22 nitrogen and oxygen atoms in total. The smallest absolute Gasteiger partial charge is 0.342 e. The molecule has 4 aliphatic heterocycles. The van der Waals surface area contributed by atoms with Gasteiger partial charge in [-0.15, -0.1) is 0 Å². The summed E-state index contributed by atoms with van der Waals surface area (Å²) in [7, 11) is 6.02. The molecule has 1 amide bonds. The zero-order chi connectivity index (χ0) is 70.5. The van der Waals surface area contributed by atoms with E-state index in [2.05, 4.69) is 0 Å². The molecule has 0 radical (unpaired) electrons. The van der Waals surface area contributed by atoms with Crippen LogP contribution >= 0.6 is 0 Å². The van der Waals surface area contributed by atoms with Crippen LogP contribution in [0.5, 0.6) is 0 Å². The van der Waals surface area contributed by atoms with Gasteiger partial charge in [-0.2, -0.15) is 0 Å². The molecule has 8 aliphatic rings. The largest absolute Gasteiger partial charge is 0.460 e.